The van der Waals surface area contributed by atoms with Crippen LogP contribution in [0.2, 0.25) is 0 Å². The number of hydrogen-bond acceptors (Lipinski definition) is 14. The fourth-order valence-corrected chi connectivity index (χ4v) is 4.66. The minimum Gasteiger partial charge on any atom is -0.507 e. The number of aliphatic hydroxyl groups is 6. The highest BCUT2D eigenvalue weighted by Gasteiger charge is 2.50. The number of phenolic OH excluding ortho intramolecular Hbond substituents is 1. The second kappa shape index (κ2) is 11.5. The van der Waals surface area contributed by atoms with Crippen LogP contribution in [0.3, 0.4) is 0 Å². The van der Waals surface area contributed by atoms with E-state index in [4.69, 9.17) is 28.1 Å². The Morgan fingerprint density at radius 2 is 1.73 bits per heavy atom. The minimum absolute atomic E-state index is 0.0308. The largest absolute Gasteiger partial charge is 0.507 e. The molecule has 7 N–H and O–H groups in total. The second-order valence-electron chi connectivity index (χ2n) is 9.87. The van der Waals surface area contributed by atoms with Crippen LogP contribution in [0.25, 0.3) is 22.1 Å². The van der Waals surface area contributed by atoms with Crippen molar-refractivity contribution in [3.8, 4) is 28.4 Å². The average molecular weight is 579 g/mol. The molecule has 2 aliphatic rings. The summed E-state index contributed by atoms with van der Waals surface area (Å²) in [4.78, 5) is 13.2. The molecule has 2 aliphatic heterocycles. The minimum atomic E-state index is -1.93. The van der Waals surface area contributed by atoms with Crippen molar-refractivity contribution in [1.82, 2.24) is 0 Å². The van der Waals surface area contributed by atoms with Crippen molar-refractivity contribution >= 4 is 11.0 Å². The third-order valence-corrected chi connectivity index (χ3v) is 7.16. The van der Waals surface area contributed by atoms with Gasteiger partial charge in [0.15, 0.2) is 6.29 Å². The second-order valence-corrected chi connectivity index (χ2v) is 9.87. The zero-order chi connectivity index (χ0) is 29.5. The van der Waals surface area contributed by atoms with Gasteiger partial charge in [-0.25, -0.2) is 0 Å². The Balaban J connectivity index is 1.33. The number of methoxy groups -OCH3 is 1. The number of aromatic hydroxyl groups is 1. The Morgan fingerprint density at radius 1 is 1.00 bits per heavy atom. The van der Waals surface area contributed by atoms with Gasteiger partial charge in [-0.3, -0.25) is 4.79 Å². The smallest absolute Gasteiger partial charge is 0.229 e. The van der Waals surface area contributed by atoms with E-state index in [0.717, 1.165) is 6.07 Å². The van der Waals surface area contributed by atoms with Gasteiger partial charge in [0.2, 0.25) is 11.7 Å². The lowest BCUT2D eigenvalue weighted by molar-refractivity contribution is -0.289. The summed E-state index contributed by atoms with van der Waals surface area (Å²) in [6.45, 7) is -1.65. The van der Waals surface area contributed by atoms with Crippen molar-refractivity contribution in [3.63, 3.8) is 0 Å². The van der Waals surface area contributed by atoms with Crippen LogP contribution in [0.1, 0.15) is 0 Å². The Bertz CT molecular complexity index is 1420. The molecular weight excluding hydrogens is 548 g/mol. The van der Waals surface area contributed by atoms with E-state index >= 15 is 0 Å². The molecule has 0 amide bonds. The van der Waals surface area contributed by atoms with Gasteiger partial charge in [-0.05, 0) is 17.7 Å². The van der Waals surface area contributed by atoms with Gasteiger partial charge in [0.25, 0.3) is 0 Å². The summed E-state index contributed by atoms with van der Waals surface area (Å²) < 4.78 is 32.5. The van der Waals surface area contributed by atoms with E-state index < -0.39 is 79.7 Å². The van der Waals surface area contributed by atoms with Crippen LogP contribution in [-0.2, 0) is 14.2 Å². The molecule has 0 saturated carbocycles. The number of phenols is 1. The Hall–Kier alpha value is -3.31. The standard InChI is InChI=1S/C27H30O14/c1-36-13-4-2-12(3-5-13)15-8-37-17-7-14(6-16(29)19(17)20(15)30)40-25-23(33)22(32)21(31)18(41-25)9-38-26-24(34)27(35,10-28)11-39-26/h2-8,18,21-26,28-29,31-35H,9-11H2,1H3/t18?,21-,22?,23+,24?,25-,26?,27?/m1/s1. The van der Waals surface area contributed by atoms with Crippen molar-refractivity contribution in [2.24, 2.45) is 0 Å². The number of fused-ring (bicyclic) bond motifs is 1. The van der Waals surface area contributed by atoms with Crippen molar-refractivity contribution in [1.29, 1.82) is 0 Å². The molecule has 222 valence electrons. The number of hydrogen-bond donors (Lipinski definition) is 7. The topological polar surface area (TPSA) is 218 Å². The van der Waals surface area contributed by atoms with Gasteiger partial charge in [-0.15, -0.1) is 0 Å². The maximum Gasteiger partial charge on any atom is 0.229 e. The summed E-state index contributed by atoms with van der Waals surface area (Å²) in [5.74, 6) is 0.0294. The molecule has 3 heterocycles. The van der Waals surface area contributed by atoms with E-state index in [1.165, 1.54) is 19.4 Å². The molecule has 14 nitrogen and oxygen atoms in total. The molecule has 8 atom stereocenters. The molecule has 14 heteroatoms. The highest BCUT2D eigenvalue weighted by molar-refractivity contribution is 5.88. The van der Waals surface area contributed by atoms with E-state index in [0.29, 0.717) is 11.3 Å². The third kappa shape index (κ3) is 5.49. The van der Waals surface area contributed by atoms with Gasteiger partial charge in [-0.1, -0.05) is 12.1 Å². The molecular formula is C27H30O14. The van der Waals surface area contributed by atoms with Gasteiger partial charge >= 0.3 is 0 Å². The van der Waals surface area contributed by atoms with Crippen LogP contribution in [0, 0.1) is 0 Å². The predicted molar refractivity (Wildman–Crippen MR) is 137 cm³/mol. The predicted octanol–water partition coefficient (Wildman–Crippen LogP) is -1.18. The Kier molecular flexibility index (Phi) is 8.20. The Morgan fingerprint density at radius 3 is 2.39 bits per heavy atom. The summed E-state index contributed by atoms with van der Waals surface area (Å²) in [6, 6.07) is 9.07. The van der Waals surface area contributed by atoms with Crippen LogP contribution in [0.15, 0.2) is 51.9 Å². The molecule has 0 aliphatic carbocycles. The van der Waals surface area contributed by atoms with E-state index in [-0.39, 0.29) is 22.3 Å². The van der Waals surface area contributed by atoms with Crippen molar-refractivity contribution in [2.45, 2.75) is 48.7 Å². The summed E-state index contributed by atoms with van der Waals surface area (Å²) in [7, 11) is 1.52. The van der Waals surface area contributed by atoms with Crippen LogP contribution in [-0.4, -0.2) is 111 Å². The average Bonchev–Trinajstić information content (AvgIpc) is 3.26. The highest BCUT2D eigenvalue weighted by atomic mass is 16.7. The van der Waals surface area contributed by atoms with Gasteiger partial charge in [0.1, 0.15) is 70.6 Å². The van der Waals surface area contributed by atoms with Crippen molar-refractivity contribution in [2.75, 3.05) is 26.9 Å². The monoisotopic (exact) mass is 578 g/mol. The zero-order valence-electron chi connectivity index (χ0n) is 21.7. The maximum atomic E-state index is 13.2. The van der Waals surface area contributed by atoms with E-state index in [2.05, 4.69) is 0 Å². The van der Waals surface area contributed by atoms with Crippen molar-refractivity contribution < 1.29 is 63.8 Å². The molecule has 2 fully saturated rings. The lowest BCUT2D eigenvalue weighted by Crippen LogP contribution is -2.60. The Labute approximate surface area is 232 Å². The maximum absolute atomic E-state index is 13.2. The molecule has 5 rings (SSSR count). The number of rotatable bonds is 8. The number of benzene rings is 2. The normalized spacial score (nSPS) is 31.8. The van der Waals surface area contributed by atoms with Gasteiger partial charge in [0.05, 0.1) is 32.5 Å². The summed E-state index contributed by atoms with van der Waals surface area (Å²) in [5.41, 5.74) is -1.73. The van der Waals surface area contributed by atoms with Crippen LogP contribution < -0.4 is 14.9 Å². The van der Waals surface area contributed by atoms with Crippen LogP contribution >= 0.6 is 0 Å². The molecule has 5 unspecified atom stereocenters. The lowest BCUT2D eigenvalue weighted by Gasteiger charge is -2.40. The van der Waals surface area contributed by atoms with Gasteiger partial charge in [-0.2, -0.15) is 0 Å². The summed E-state index contributed by atoms with van der Waals surface area (Å²) >= 11 is 0. The molecule has 2 aromatic carbocycles. The van der Waals surface area contributed by atoms with E-state index in [1.54, 1.807) is 24.3 Å². The molecule has 0 radical (unpaired) electrons. The highest BCUT2D eigenvalue weighted by Crippen LogP contribution is 2.33. The van der Waals surface area contributed by atoms with Gasteiger partial charge in [0, 0.05) is 12.1 Å². The SMILES string of the molecule is COc1ccc(-c2coc3cc(O[C@@H]4OC(COC5OCC(O)(CO)C5O)[C@@H](O)C(O)[C@@H]4O)cc(O)c3c2=O)cc1. The van der Waals surface area contributed by atoms with E-state index in [9.17, 15) is 40.5 Å². The zero-order valence-corrected chi connectivity index (χ0v) is 21.7. The van der Waals surface area contributed by atoms with Crippen LogP contribution in [0.5, 0.6) is 17.2 Å². The first kappa shape index (κ1) is 29.2. The fourth-order valence-electron chi connectivity index (χ4n) is 4.66. The summed E-state index contributed by atoms with van der Waals surface area (Å²) in [5, 5.41) is 71.3. The molecule has 1 aromatic heterocycles. The van der Waals surface area contributed by atoms with Crippen molar-refractivity contribution in [3.05, 3.63) is 52.9 Å². The number of aliphatic hydroxyl groups excluding tert-OH is 5. The first-order chi connectivity index (χ1) is 19.6. The fraction of sp³-hybridized carbons (Fsp3) is 0.444. The quantitative estimate of drug-likeness (QED) is 0.167. The van der Waals surface area contributed by atoms with E-state index in [1.807, 2.05) is 0 Å². The van der Waals surface area contributed by atoms with Gasteiger partial charge < -0.3 is 63.8 Å². The molecule has 0 bridgehead atoms. The van der Waals surface area contributed by atoms with Crippen LogP contribution in [0.4, 0.5) is 0 Å². The lowest BCUT2D eigenvalue weighted by atomic mass is 9.99. The molecule has 0 spiro atoms. The third-order valence-electron chi connectivity index (χ3n) is 7.16. The molecule has 41 heavy (non-hydrogen) atoms. The first-order valence-electron chi connectivity index (χ1n) is 12.6. The molecule has 2 saturated heterocycles. The summed E-state index contributed by atoms with van der Waals surface area (Å²) in [6.07, 6.45) is -9.73. The number of ether oxygens (including phenoxy) is 5. The first-order valence-corrected chi connectivity index (χ1v) is 12.6. The molecule has 3 aromatic rings.